The predicted molar refractivity (Wildman–Crippen MR) is 127 cm³/mol. The molecule has 1 aromatic heterocycles. The molecule has 0 aliphatic carbocycles. The first-order chi connectivity index (χ1) is 15.5. The average Bonchev–Trinajstić information content (AvgIpc) is 2.81. The van der Waals surface area contributed by atoms with E-state index in [2.05, 4.69) is 5.32 Å². The lowest BCUT2D eigenvalue weighted by atomic mass is 10.1. The molecular formula is C24H25N5O3. The Kier molecular flexibility index (Phi) is 5.85. The normalized spacial score (nSPS) is 10.7. The van der Waals surface area contributed by atoms with Crippen LogP contribution in [-0.2, 0) is 6.54 Å². The minimum Gasteiger partial charge on any atom is -0.493 e. The first-order valence-corrected chi connectivity index (χ1v) is 9.99. The van der Waals surface area contributed by atoms with Crippen LogP contribution in [0.5, 0.6) is 17.2 Å². The van der Waals surface area contributed by atoms with Gasteiger partial charge in [0.15, 0.2) is 17.3 Å². The molecule has 164 valence electrons. The second kappa shape index (κ2) is 8.89. The summed E-state index contributed by atoms with van der Waals surface area (Å²) in [5.74, 6) is 2.32. The maximum Gasteiger partial charge on any atom is 0.203 e. The Hall–Kier alpha value is -4.20. The number of ether oxygens (including phenoxy) is 3. The monoisotopic (exact) mass is 431 g/mol. The largest absolute Gasteiger partial charge is 0.493 e. The van der Waals surface area contributed by atoms with Gasteiger partial charge in [0.25, 0.3) is 0 Å². The Labute approximate surface area is 186 Å². The third-order valence-corrected chi connectivity index (χ3v) is 5.05. The summed E-state index contributed by atoms with van der Waals surface area (Å²) in [6, 6.07) is 17.1. The van der Waals surface area contributed by atoms with E-state index in [0.29, 0.717) is 57.7 Å². The van der Waals surface area contributed by atoms with E-state index < -0.39 is 0 Å². The standard InChI is InChI=1S/C24H25N5O3/c1-30-19-9-14(10-20(31-2)23(19)32-3)13-27-24-21(15-7-5-4-6-8-15)29-22-17(26)11-16(25)12-18(22)28-24/h4-12H,13,25-26H2,1-3H3,(H,27,28). The molecular weight excluding hydrogens is 406 g/mol. The molecule has 0 aliphatic rings. The maximum atomic E-state index is 6.17. The van der Waals surface area contributed by atoms with Crippen molar-refractivity contribution in [2.75, 3.05) is 38.1 Å². The van der Waals surface area contributed by atoms with E-state index in [4.69, 9.17) is 35.6 Å². The van der Waals surface area contributed by atoms with Gasteiger partial charge < -0.3 is 31.0 Å². The summed E-state index contributed by atoms with van der Waals surface area (Å²) in [5.41, 5.74) is 16.9. The molecule has 0 fully saturated rings. The lowest BCUT2D eigenvalue weighted by molar-refractivity contribution is 0.324. The first-order valence-electron chi connectivity index (χ1n) is 9.99. The number of rotatable bonds is 7. The van der Waals surface area contributed by atoms with E-state index in [9.17, 15) is 0 Å². The molecule has 3 aromatic carbocycles. The molecule has 32 heavy (non-hydrogen) atoms. The van der Waals surface area contributed by atoms with Crippen molar-refractivity contribution in [2.45, 2.75) is 6.54 Å². The van der Waals surface area contributed by atoms with Crippen LogP contribution in [0.4, 0.5) is 17.2 Å². The number of methoxy groups -OCH3 is 3. The number of hydrogen-bond donors (Lipinski definition) is 3. The third-order valence-electron chi connectivity index (χ3n) is 5.05. The zero-order valence-electron chi connectivity index (χ0n) is 18.2. The van der Waals surface area contributed by atoms with Gasteiger partial charge in [-0.05, 0) is 29.8 Å². The van der Waals surface area contributed by atoms with Gasteiger partial charge in [0.05, 0.1) is 32.5 Å². The summed E-state index contributed by atoms with van der Waals surface area (Å²) >= 11 is 0. The molecule has 0 radical (unpaired) electrons. The fourth-order valence-corrected chi connectivity index (χ4v) is 3.55. The fraction of sp³-hybridized carbons (Fsp3) is 0.167. The van der Waals surface area contributed by atoms with Crippen LogP contribution >= 0.6 is 0 Å². The number of benzene rings is 3. The number of hydrogen-bond acceptors (Lipinski definition) is 8. The number of aromatic nitrogens is 2. The molecule has 1 heterocycles. The number of nitrogens with two attached hydrogens (primary N) is 2. The van der Waals surface area contributed by atoms with Crippen molar-refractivity contribution >= 4 is 28.2 Å². The van der Waals surface area contributed by atoms with E-state index in [0.717, 1.165) is 11.1 Å². The molecule has 4 rings (SSSR count). The van der Waals surface area contributed by atoms with Gasteiger partial charge in [0.2, 0.25) is 5.75 Å². The fourth-order valence-electron chi connectivity index (χ4n) is 3.55. The van der Waals surface area contributed by atoms with Crippen molar-refractivity contribution in [3.63, 3.8) is 0 Å². The highest BCUT2D eigenvalue weighted by Crippen LogP contribution is 2.38. The van der Waals surface area contributed by atoms with Gasteiger partial charge in [-0.2, -0.15) is 0 Å². The second-order valence-corrected chi connectivity index (χ2v) is 7.15. The number of fused-ring (bicyclic) bond motifs is 1. The van der Waals surface area contributed by atoms with E-state index in [1.807, 2.05) is 42.5 Å². The van der Waals surface area contributed by atoms with Crippen LogP contribution in [0.3, 0.4) is 0 Å². The molecule has 4 aromatic rings. The minimum absolute atomic E-state index is 0.453. The summed E-state index contributed by atoms with van der Waals surface area (Å²) in [5, 5.41) is 3.39. The van der Waals surface area contributed by atoms with Crippen molar-refractivity contribution in [2.24, 2.45) is 0 Å². The van der Waals surface area contributed by atoms with Crippen molar-refractivity contribution in [3.8, 4) is 28.5 Å². The lowest BCUT2D eigenvalue weighted by Gasteiger charge is -2.16. The first kappa shape index (κ1) is 21.0. The Morgan fingerprint density at radius 1 is 0.844 bits per heavy atom. The van der Waals surface area contributed by atoms with Crippen molar-refractivity contribution in [1.82, 2.24) is 9.97 Å². The zero-order chi connectivity index (χ0) is 22.7. The molecule has 5 N–H and O–H groups in total. The van der Waals surface area contributed by atoms with Gasteiger partial charge >= 0.3 is 0 Å². The summed E-state index contributed by atoms with van der Waals surface area (Å²) < 4.78 is 16.3. The smallest absolute Gasteiger partial charge is 0.203 e. The van der Waals surface area contributed by atoms with Crippen LogP contribution in [0.15, 0.2) is 54.6 Å². The van der Waals surface area contributed by atoms with Crippen LogP contribution in [0.2, 0.25) is 0 Å². The zero-order valence-corrected chi connectivity index (χ0v) is 18.2. The van der Waals surface area contributed by atoms with Crippen LogP contribution in [0, 0.1) is 0 Å². The summed E-state index contributed by atoms with van der Waals surface area (Å²) in [7, 11) is 4.75. The topological polar surface area (TPSA) is 118 Å². The second-order valence-electron chi connectivity index (χ2n) is 7.15. The van der Waals surface area contributed by atoms with Crippen molar-refractivity contribution in [3.05, 3.63) is 60.2 Å². The molecule has 0 aliphatic heterocycles. The highest BCUT2D eigenvalue weighted by molar-refractivity contribution is 5.93. The van der Waals surface area contributed by atoms with E-state index in [1.54, 1.807) is 33.5 Å². The SMILES string of the molecule is COc1cc(CNc2nc3cc(N)cc(N)c3nc2-c2ccccc2)cc(OC)c1OC. The van der Waals surface area contributed by atoms with Crippen LogP contribution < -0.4 is 31.0 Å². The van der Waals surface area contributed by atoms with Crippen LogP contribution in [0.25, 0.3) is 22.3 Å². The Balaban J connectivity index is 1.77. The van der Waals surface area contributed by atoms with Crippen LogP contribution in [-0.4, -0.2) is 31.3 Å². The molecule has 0 amide bonds. The minimum atomic E-state index is 0.453. The Bertz CT molecular complexity index is 1240. The summed E-state index contributed by atoms with van der Waals surface area (Å²) in [6.07, 6.45) is 0. The molecule has 0 unspecified atom stereocenters. The van der Waals surface area contributed by atoms with Gasteiger partial charge in [0.1, 0.15) is 11.2 Å². The number of nitrogens with zero attached hydrogens (tertiary/aromatic N) is 2. The molecule has 0 saturated carbocycles. The molecule has 0 bridgehead atoms. The van der Waals surface area contributed by atoms with E-state index in [1.165, 1.54) is 0 Å². The van der Waals surface area contributed by atoms with Gasteiger partial charge in [-0.1, -0.05) is 30.3 Å². The van der Waals surface area contributed by atoms with Crippen LogP contribution in [0.1, 0.15) is 5.56 Å². The number of anilines is 3. The third kappa shape index (κ3) is 4.02. The van der Waals surface area contributed by atoms with Gasteiger partial charge in [-0.3, -0.25) is 0 Å². The Morgan fingerprint density at radius 2 is 1.53 bits per heavy atom. The average molecular weight is 431 g/mol. The Morgan fingerprint density at radius 3 is 2.16 bits per heavy atom. The van der Waals surface area contributed by atoms with Crippen molar-refractivity contribution in [1.29, 1.82) is 0 Å². The van der Waals surface area contributed by atoms with E-state index >= 15 is 0 Å². The van der Waals surface area contributed by atoms with Crippen molar-refractivity contribution < 1.29 is 14.2 Å². The highest BCUT2D eigenvalue weighted by Gasteiger charge is 2.16. The maximum absolute atomic E-state index is 6.17. The highest BCUT2D eigenvalue weighted by atomic mass is 16.5. The number of nitrogen functional groups attached to an aromatic ring is 2. The summed E-state index contributed by atoms with van der Waals surface area (Å²) in [4.78, 5) is 9.60. The summed E-state index contributed by atoms with van der Waals surface area (Å²) in [6.45, 7) is 0.453. The quantitative estimate of drug-likeness (QED) is 0.374. The molecule has 8 nitrogen and oxygen atoms in total. The molecule has 8 heteroatoms. The van der Waals surface area contributed by atoms with Gasteiger partial charge in [-0.25, -0.2) is 9.97 Å². The predicted octanol–water partition coefficient (Wildman–Crippen LogP) is 4.10. The molecule has 0 atom stereocenters. The molecule has 0 spiro atoms. The van der Waals surface area contributed by atoms with Gasteiger partial charge in [0, 0.05) is 17.8 Å². The van der Waals surface area contributed by atoms with Gasteiger partial charge in [-0.15, -0.1) is 0 Å². The number of nitrogens with one attached hydrogen (secondary N) is 1. The lowest BCUT2D eigenvalue weighted by Crippen LogP contribution is -2.07. The van der Waals surface area contributed by atoms with E-state index in [-0.39, 0.29) is 0 Å². The molecule has 0 saturated heterocycles.